The van der Waals surface area contributed by atoms with Gasteiger partial charge in [0, 0.05) is 74.9 Å². The molecule has 0 atom stereocenters. The number of nitrogens with zero attached hydrogens (tertiary/aromatic N) is 4. The molecule has 6 nitrogen and oxygen atoms in total. The second kappa shape index (κ2) is 8.01. The van der Waals surface area contributed by atoms with Crippen molar-refractivity contribution in [3.8, 4) is 0 Å². The van der Waals surface area contributed by atoms with Gasteiger partial charge < -0.3 is 19.6 Å². The Hall–Kier alpha value is -2.70. The summed E-state index contributed by atoms with van der Waals surface area (Å²) in [5.74, 6) is 0.00131. The summed E-state index contributed by atoms with van der Waals surface area (Å²) >= 11 is 0. The molecule has 2 fully saturated rings. The van der Waals surface area contributed by atoms with Gasteiger partial charge in [-0.05, 0) is 51.2 Å². The van der Waals surface area contributed by atoms with Crippen molar-refractivity contribution in [3.05, 3.63) is 57.6 Å². The van der Waals surface area contributed by atoms with Crippen LogP contribution >= 0.6 is 0 Å². The van der Waals surface area contributed by atoms with Crippen LogP contribution in [0.2, 0.25) is 0 Å². The standard InChI is InChI=1S/C26H32N4O2/c1-17-5-6-18(2)22-21(17)25(31)23-19(29-13-9-27(3)10-14-29)7-8-20(24(23)26(22)32)30-15-11-28(4)12-16-30/h5-8H,9-16H2,1-4H3. The predicted octanol–water partition coefficient (Wildman–Crippen LogP) is 2.58. The van der Waals surface area contributed by atoms with E-state index in [4.69, 9.17) is 0 Å². The van der Waals surface area contributed by atoms with E-state index in [9.17, 15) is 9.59 Å². The van der Waals surface area contributed by atoms with Crippen molar-refractivity contribution in [2.24, 2.45) is 0 Å². The second-order valence-electron chi connectivity index (χ2n) is 9.54. The van der Waals surface area contributed by atoms with E-state index < -0.39 is 0 Å². The van der Waals surface area contributed by atoms with Crippen molar-refractivity contribution in [1.29, 1.82) is 0 Å². The molecular formula is C26H32N4O2. The molecule has 5 rings (SSSR count). The van der Waals surface area contributed by atoms with Crippen LogP contribution in [0.3, 0.4) is 0 Å². The SMILES string of the molecule is Cc1ccc(C)c2c1C(=O)c1c(N3CCN(C)CC3)ccc(N3CCN(C)CC3)c1C2=O. The molecule has 2 aliphatic heterocycles. The van der Waals surface area contributed by atoms with Crippen molar-refractivity contribution >= 4 is 22.9 Å². The minimum Gasteiger partial charge on any atom is -0.368 e. The van der Waals surface area contributed by atoms with Gasteiger partial charge in [-0.2, -0.15) is 0 Å². The molecule has 0 spiro atoms. The van der Waals surface area contributed by atoms with Gasteiger partial charge in [0.2, 0.25) is 0 Å². The highest BCUT2D eigenvalue weighted by molar-refractivity contribution is 6.32. The number of hydrogen-bond donors (Lipinski definition) is 0. The van der Waals surface area contributed by atoms with Gasteiger partial charge in [0.05, 0.1) is 11.1 Å². The lowest BCUT2D eigenvalue weighted by atomic mass is 9.78. The minimum absolute atomic E-state index is 0.000653. The molecule has 168 valence electrons. The Bertz CT molecular complexity index is 1010. The minimum atomic E-state index is 0.000653. The van der Waals surface area contributed by atoms with E-state index in [1.54, 1.807) is 0 Å². The Morgan fingerprint density at radius 3 is 1.22 bits per heavy atom. The zero-order valence-corrected chi connectivity index (χ0v) is 19.6. The number of rotatable bonds is 2. The summed E-state index contributed by atoms with van der Waals surface area (Å²) in [6, 6.07) is 8.09. The molecule has 2 aromatic carbocycles. The summed E-state index contributed by atoms with van der Waals surface area (Å²) < 4.78 is 0. The molecule has 0 bridgehead atoms. The molecule has 2 saturated heterocycles. The highest BCUT2D eigenvalue weighted by Crippen LogP contribution is 2.41. The van der Waals surface area contributed by atoms with Gasteiger partial charge in [0.25, 0.3) is 0 Å². The zero-order chi connectivity index (χ0) is 22.6. The van der Waals surface area contributed by atoms with E-state index in [-0.39, 0.29) is 11.6 Å². The fourth-order valence-electron chi connectivity index (χ4n) is 5.31. The van der Waals surface area contributed by atoms with E-state index in [1.165, 1.54) is 0 Å². The average molecular weight is 433 g/mol. The van der Waals surface area contributed by atoms with E-state index in [1.807, 2.05) is 26.0 Å². The zero-order valence-electron chi connectivity index (χ0n) is 19.6. The third kappa shape index (κ3) is 3.33. The fraction of sp³-hybridized carbons (Fsp3) is 0.462. The maximum absolute atomic E-state index is 14.0. The fourth-order valence-corrected chi connectivity index (χ4v) is 5.31. The lowest BCUT2D eigenvalue weighted by Gasteiger charge is -2.39. The highest BCUT2D eigenvalue weighted by Gasteiger charge is 2.38. The number of aryl methyl sites for hydroxylation is 2. The van der Waals surface area contributed by atoms with Crippen LogP contribution in [0.25, 0.3) is 0 Å². The number of benzene rings is 2. The Morgan fingerprint density at radius 1 is 0.531 bits per heavy atom. The van der Waals surface area contributed by atoms with Gasteiger partial charge >= 0.3 is 0 Å². The van der Waals surface area contributed by atoms with Crippen LogP contribution in [-0.2, 0) is 0 Å². The number of anilines is 2. The van der Waals surface area contributed by atoms with Crippen LogP contribution in [0.5, 0.6) is 0 Å². The molecule has 0 N–H and O–H groups in total. The quantitative estimate of drug-likeness (QED) is 0.620. The first-order valence-electron chi connectivity index (χ1n) is 11.6. The highest BCUT2D eigenvalue weighted by atomic mass is 16.1. The van der Waals surface area contributed by atoms with Gasteiger partial charge in [0.15, 0.2) is 11.6 Å². The van der Waals surface area contributed by atoms with Crippen LogP contribution < -0.4 is 9.80 Å². The summed E-state index contributed by atoms with van der Waals surface area (Å²) in [6.07, 6.45) is 0. The van der Waals surface area contributed by atoms with E-state index in [2.05, 4.69) is 45.8 Å². The number of fused-ring (bicyclic) bond motifs is 2. The maximum Gasteiger partial charge on any atom is 0.196 e. The predicted molar refractivity (Wildman–Crippen MR) is 129 cm³/mol. The summed E-state index contributed by atoms with van der Waals surface area (Å²) in [6.45, 7) is 11.1. The Morgan fingerprint density at radius 2 is 0.875 bits per heavy atom. The summed E-state index contributed by atoms with van der Waals surface area (Å²) in [5.41, 5.74) is 5.98. The Kier molecular flexibility index (Phi) is 5.30. The number of piperazine rings is 2. The van der Waals surface area contributed by atoms with Crippen LogP contribution in [0, 0.1) is 13.8 Å². The maximum atomic E-state index is 14.0. The summed E-state index contributed by atoms with van der Waals surface area (Å²) in [5, 5.41) is 0. The number of likely N-dealkylation sites (N-methyl/N-ethyl adjacent to an activating group) is 2. The first-order valence-corrected chi connectivity index (χ1v) is 11.6. The molecule has 3 aliphatic rings. The first kappa shape index (κ1) is 21.2. The molecule has 0 saturated carbocycles. The molecule has 2 aromatic rings. The third-order valence-electron chi connectivity index (χ3n) is 7.38. The lowest BCUT2D eigenvalue weighted by Crippen LogP contribution is -2.46. The van der Waals surface area contributed by atoms with Gasteiger partial charge in [0.1, 0.15) is 0 Å². The average Bonchev–Trinajstić information content (AvgIpc) is 2.79. The van der Waals surface area contributed by atoms with Crippen molar-refractivity contribution in [2.45, 2.75) is 13.8 Å². The molecule has 0 radical (unpaired) electrons. The molecule has 32 heavy (non-hydrogen) atoms. The van der Waals surface area contributed by atoms with E-state index in [0.717, 1.165) is 74.9 Å². The van der Waals surface area contributed by atoms with Gasteiger partial charge in [-0.15, -0.1) is 0 Å². The van der Waals surface area contributed by atoms with Crippen LogP contribution in [-0.4, -0.2) is 87.8 Å². The van der Waals surface area contributed by atoms with Gasteiger partial charge in [-0.3, -0.25) is 9.59 Å². The number of carbonyl (C=O) groups is 2. The lowest BCUT2D eigenvalue weighted by molar-refractivity contribution is 0.0978. The number of hydrogen-bond acceptors (Lipinski definition) is 6. The summed E-state index contributed by atoms with van der Waals surface area (Å²) in [7, 11) is 4.25. The molecule has 2 heterocycles. The van der Waals surface area contributed by atoms with Crippen molar-refractivity contribution in [2.75, 3.05) is 76.3 Å². The molecule has 1 aliphatic carbocycles. The smallest absolute Gasteiger partial charge is 0.196 e. The monoisotopic (exact) mass is 432 g/mol. The summed E-state index contributed by atoms with van der Waals surface area (Å²) in [4.78, 5) is 37.2. The van der Waals surface area contributed by atoms with Gasteiger partial charge in [-0.25, -0.2) is 0 Å². The van der Waals surface area contributed by atoms with Crippen molar-refractivity contribution in [1.82, 2.24) is 9.80 Å². The topological polar surface area (TPSA) is 47.1 Å². The van der Waals surface area contributed by atoms with Crippen LogP contribution in [0.15, 0.2) is 24.3 Å². The number of carbonyl (C=O) groups excluding carboxylic acids is 2. The Labute approximate surface area is 190 Å². The van der Waals surface area contributed by atoms with Crippen molar-refractivity contribution < 1.29 is 9.59 Å². The van der Waals surface area contributed by atoms with Crippen molar-refractivity contribution in [3.63, 3.8) is 0 Å². The number of ketones is 2. The molecule has 0 unspecified atom stereocenters. The van der Waals surface area contributed by atoms with Crippen LogP contribution in [0.4, 0.5) is 11.4 Å². The molecule has 6 heteroatoms. The molecule has 0 aromatic heterocycles. The normalized spacial score (nSPS) is 19.9. The second-order valence-corrected chi connectivity index (χ2v) is 9.54. The van der Waals surface area contributed by atoms with Crippen LogP contribution in [0.1, 0.15) is 43.0 Å². The van der Waals surface area contributed by atoms with E-state index in [0.29, 0.717) is 22.3 Å². The largest absolute Gasteiger partial charge is 0.368 e. The molecule has 0 amide bonds. The Balaban J connectivity index is 1.70. The van der Waals surface area contributed by atoms with E-state index >= 15 is 0 Å². The van der Waals surface area contributed by atoms with Gasteiger partial charge in [-0.1, -0.05) is 12.1 Å². The molecular weight excluding hydrogens is 400 g/mol. The first-order chi connectivity index (χ1) is 15.4. The third-order valence-corrected chi connectivity index (χ3v) is 7.38.